The number of halogens is 6. The van der Waals surface area contributed by atoms with Crippen LogP contribution in [0.1, 0.15) is 90.7 Å². The Hall–Kier alpha value is -3.32. The molecule has 4 fully saturated rings. The summed E-state index contributed by atoms with van der Waals surface area (Å²) in [7, 11) is 1.33. The maximum Gasteiger partial charge on any atom is 0.432 e. The van der Waals surface area contributed by atoms with Crippen molar-refractivity contribution in [3.63, 3.8) is 0 Å². The molecule has 6 rings (SSSR count). The Labute approximate surface area is 369 Å². The van der Waals surface area contributed by atoms with Gasteiger partial charge in [0.15, 0.2) is 0 Å². The third-order valence-electron chi connectivity index (χ3n) is 16.0. The van der Waals surface area contributed by atoms with Crippen LogP contribution in [0.5, 0.6) is 0 Å². The van der Waals surface area contributed by atoms with Crippen LogP contribution in [0.15, 0.2) is 60.7 Å². The molecule has 0 heterocycles. The Morgan fingerprint density at radius 2 is 1.20 bits per heavy atom. The minimum absolute atomic E-state index is 0.0468. The zero-order valence-corrected chi connectivity index (χ0v) is 37.1. The van der Waals surface area contributed by atoms with Gasteiger partial charge in [-0.3, -0.25) is 0 Å². The van der Waals surface area contributed by atoms with E-state index in [1.807, 2.05) is 13.8 Å². The van der Waals surface area contributed by atoms with E-state index in [9.17, 15) is 35.1 Å². The van der Waals surface area contributed by atoms with E-state index in [1.165, 1.54) is 50.2 Å². The van der Waals surface area contributed by atoms with E-state index in [-0.39, 0.29) is 25.7 Å². The number of aliphatic hydroxyl groups excluding tert-OH is 4. The van der Waals surface area contributed by atoms with E-state index in [0.29, 0.717) is 33.5 Å². The zero-order valence-electron chi connectivity index (χ0n) is 37.1. The average molecular weight is 917 g/mol. The van der Waals surface area contributed by atoms with Crippen LogP contribution in [0.3, 0.4) is 0 Å². The molecule has 0 aliphatic heterocycles. The highest BCUT2D eigenvalue weighted by Crippen LogP contribution is 2.70. The van der Waals surface area contributed by atoms with Gasteiger partial charge in [0, 0.05) is 43.6 Å². The highest BCUT2D eigenvalue weighted by Gasteiger charge is 2.72. The molecule has 16 atom stereocenters. The van der Waals surface area contributed by atoms with Gasteiger partial charge in [0.1, 0.15) is 12.2 Å². The predicted molar refractivity (Wildman–Crippen MR) is 218 cm³/mol. The van der Waals surface area contributed by atoms with Crippen molar-refractivity contribution in [2.45, 2.75) is 145 Å². The summed E-state index contributed by atoms with van der Waals surface area (Å²) in [5, 5.41) is 58.0. The summed E-state index contributed by atoms with van der Waals surface area (Å²) in [5.74, 6) is -8.29. The van der Waals surface area contributed by atoms with Gasteiger partial charge < -0.3 is 44.5 Å². The van der Waals surface area contributed by atoms with E-state index in [4.69, 9.17) is 18.9 Å². The summed E-state index contributed by atoms with van der Waals surface area (Å²) in [5.41, 5.74) is -12.1. The van der Waals surface area contributed by atoms with Crippen molar-refractivity contribution >= 4 is 11.9 Å². The first-order valence-electron chi connectivity index (χ1n) is 21.9. The van der Waals surface area contributed by atoms with Crippen LogP contribution in [-0.4, -0.2) is 106 Å². The second-order valence-electron chi connectivity index (χ2n) is 19.6. The van der Waals surface area contributed by atoms with Gasteiger partial charge >= 0.3 is 24.3 Å². The lowest BCUT2D eigenvalue weighted by Gasteiger charge is -2.66. The summed E-state index contributed by atoms with van der Waals surface area (Å²) in [6.07, 6.45) is -18.3. The number of alkyl halides is 6. The Bertz CT molecular complexity index is 1950. The number of hydrogen-bond donors (Lipinski definition) is 5. The first kappa shape index (κ1) is 50.1. The highest BCUT2D eigenvalue weighted by molar-refractivity contribution is 5.84. The molecule has 5 N–H and O–H groups in total. The second-order valence-corrected chi connectivity index (χ2v) is 19.6. The molecule has 0 saturated heterocycles. The van der Waals surface area contributed by atoms with Crippen molar-refractivity contribution in [1.82, 2.24) is 0 Å². The van der Waals surface area contributed by atoms with Crippen molar-refractivity contribution in [3.8, 4) is 0 Å². The van der Waals surface area contributed by atoms with Gasteiger partial charge in [-0.1, -0.05) is 95.3 Å². The topological polar surface area (TPSA) is 172 Å². The van der Waals surface area contributed by atoms with Crippen molar-refractivity contribution in [2.75, 3.05) is 14.2 Å². The smallest absolute Gasteiger partial charge is 0.432 e. The largest absolute Gasteiger partial charge is 0.456 e. The summed E-state index contributed by atoms with van der Waals surface area (Å²) < 4.78 is 113. The van der Waals surface area contributed by atoms with E-state index < -0.39 is 135 Å². The van der Waals surface area contributed by atoms with E-state index in [0.717, 1.165) is 24.3 Å². The van der Waals surface area contributed by atoms with Gasteiger partial charge in [0.25, 0.3) is 11.2 Å². The van der Waals surface area contributed by atoms with Gasteiger partial charge in [0.2, 0.25) is 0 Å². The molecule has 4 aliphatic rings. The molecule has 4 aliphatic carbocycles. The number of aliphatic hydroxyl groups is 5. The summed E-state index contributed by atoms with van der Waals surface area (Å²) in [6.45, 7) is 8.32. The molecule has 64 heavy (non-hydrogen) atoms. The molecule has 0 aromatic heterocycles. The molecule has 4 saturated carbocycles. The second kappa shape index (κ2) is 17.7. The number of hydrogen-bond acceptors (Lipinski definition) is 11. The third kappa shape index (κ3) is 7.85. The first-order valence-corrected chi connectivity index (χ1v) is 21.9. The normalized spacial score (nSPS) is 36.3. The van der Waals surface area contributed by atoms with Crippen LogP contribution < -0.4 is 0 Å². The lowest BCUT2D eigenvalue weighted by molar-refractivity contribution is -0.287. The number of ether oxygens (including phenoxy) is 4. The molecule has 0 bridgehead atoms. The fourth-order valence-electron chi connectivity index (χ4n) is 13.1. The molecule has 2 aromatic rings. The van der Waals surface area contributed by atoms with Gasteiger partial charge in [-0.2, -0.15) is 26.3 Å². The number of esters is 2. The van der Waals surface area contributed by atoms with E-state index >= 15 is 26.3 Å². The Kier molecular flexibility index (Phi) is 13.9. The maximum absolute atomic E-state index is 15.3. The number of rotatable bonds is 13. The van der Waals surface area contributed by atoms with Gasteiger partial charge in [0.05, 0.1) is 30.0 Å². The van der Waals surface area contributed by atoms with Gasteiger partial charge in [-0.25, -0.2) is 9.59 Å². The molecular weight excluding hydrogens is 854 g/mol. The first-order chi connectivity index (χ1) is 29.7. The van der Waals surface area contributed by atoms with Crippen LogP contribution in [0.2, 0.25) is 0 Å². The Morgan fingerprint density at radius 1 is 0.719 bits per heavy atom. The van der Waals surface area contributed by atoms with Crippen LogP contribution in [0, 0.1) is 46.3 Å². The van der Waals surface area contributed by atoms with Crippen molar-refractivity contribution in [3.05, 3.63) is 71.8 Å². The van der Waals surface area contributed by atoms with Crippen LogP contribution in [-0.2, 0) is 39.7 Å². The molecular formula is C47H62F6O11. The molecule has 1 unspecified atom stereocenters. The van der Waals surface area contributed by atoms with Crippen LogP contribution in [0.25, 0.3) is 0 Å². The number of carbonyl (C=O) groups is 2. The summed E-state index contributed by atoms with van der Waals surface area (Å²) >= 11 is 0. The SMILES string of the molecule is CO[C@](C(=O)O[C@H](C[C@@H](C)[C@H]1C[C@@H](O)[C@@H]2[C@]1(C)CC[C@H]1[C@@]2(O)C[C@@H](O)C2[C@@H](O)[C@@H](O)CC[C@@]21C)[C@@H](OC(=O)[C@@](OC)(c1ccccc1)C(F)(F)F)C(C)C)(c1ccccc1)C(F)(F)F. The molecule has 0 radical (unpaired) electrons. The fraction of sp³-hybridized carbons (Fsp3) is 0.702. The lowest BCUT2D eigenvalue weighted by Crippen LogP contribution is -2.70. The number of benzene rings is 2. The van der Waals surface area contributed by atoms with Crippen molar-refractivity contribution in [2.24, 2.45) is 46.3 Å². The van der Waals surface area contributed by atoms with Crippen molar-refractivity contribution in [1.29, 1.82) is 0 Å². The molecule has 17 heteroatoms. The van der Waals surface area contributed by atoms with Crippen LogP contribution >= 0.6 is 0 Å². The lowest BCUT2D eigenvalue weighted by atomic mass is 9.41. The standard InChI is InChI=1S/C47H62F6O11/c1-25(2)37(64-40(59)45(62-7,47(51,52)53)28-16-12-9-13-17-28)33(63-39(58)44(61-6,46(48,49)50)27-14-10-8-11-15-27)22-26(3)29-23-31(55)38-41(29,4)21-19-34-42(5)20-18-30(54)36(57)35(42)32(56)24-43(34,38)60/h8-17,25-26,29-38,54-57,60H,18-24H2,1-7H3/t26-,29-,30+,31-,32-,33-,34-,35?,36+,37+,38-,41-,42-,43+,44+,45+/m1/s1. The monoisotopic (exact) mass is 916 g/mol. The third-order valence-corrected chi connectivity index (χ3v) is 16.0. The average Bonchev–Trinajstić information content (AvgIpc) is 3.49. The van der Waals surface area contributed by atoms with E-state index in [2.05, 4.69) is 0 Å². The minimum Gasteiger partial charge on any atom is -0.456 e. The zero-order chi connectivity index (χ0) is 47.6. The number of fused-ring (bicyclic) bond motifs is 5. The summed E-state index contributed by atoms with van der Waals surface area (Å²) in [6, 6.07) is 11.9. The minimum atomic E-state index is -5.44. The Morgan fingerprint density at radius 3 is 1.67 bits per heavy atom. The van der Waals surface area contributed by atoms with E-state index in [1.54, 1.807) is 6.92 Å². The van der Waals surface area contributed by atoms with Crippen molar-refractivity contribution < 1.29 is 80.4 Å². The fourth-order valence-corrected chi connectivity index (χ4v) is 13.1. The molecule has 358 valence electrons. The molecule has 0 spiro atoms. The number of carbonyl (C=O) groups excluding carboxylic acids is 2. The number of methoxy groups -OCH3 is 2. The predicted octanol–water partition coefficient (Wildman–Crippen LogP) is 6.75. The summed E-state index contributed by atoms with van der Waals surface area (Å²) in [4.78, 5) is 28.5. The Balaban J connectivity index is 1.40. The molecule has 2 aromatic carbocycles. The quantitative estimate of drug-likeness (QED) is 0.106. The van der Waals surface area contributed by atoms with Gasteiger partial charge in [-0.15, -0.1) is 0 Å². The maximum atomic E-state index is 15.3. The molecule has 0 amide bonds. The van der Waals surface area contributed by atoms with Gasteiger partial charge in [-0.05, 0) is 73.0 Å². The van der Waals surface area contributed by atoms with Crippen LogP contribution in [0.4, 0.5) is 26.3 Å². The molecule has 11 nitrogen and oxygen atoms in total. The highest BCUT2D eigenvalue weighted by atomic mass is 19.4.